The first kappa shape index (κ1) is 21.0. The first-order valence-electron chi connectivity index (χ1n) is 9.37. The molecule has 0 unspecified atom stereocenters. The zero-order chi connectivity index (χ0) is 22.0. The SMILES string of the molecule is COc1ccc(S(=O)(=O)N2C[C@H](C(=O)Nc3ccc(Cl)cc3)Oc3ccccc32)cc1. The van der Waals surface area contributed by atoms with Crippen LogP contribution < -0.4 is 19.1 Å². The van der Waals surface area contributed by atoms with Gasteiger partial charge in [0.15, 0.2) is 6.10 Å². The molecule has 9 heteroatoms. The maximum absolute atomic E-state index is 13.4. The van der Waals surface area contributed by atoms with Gasteiger partial charge in [-0.05, 0) is 60.7 Å². The number of rotatable bonds is 5. The Hall–Kier alpha value is -3.23. The summed E-state index contributed by atoms with van der Waals surface area (Å²) in [5.41, 5.74) is 0.898. The predicted molar refractivity (Wildman–Crippen MR) is 118 cm³/mol. The largest absolute Gasteiger partial charge is 0.497 e. The highest BCUT2D eigenvalue weighted by Gasteiger charge is 2.37. The van der Waals surface area contributed by atoms with E-state index in [4.69, 9.17) is 21.1 Å². The van der Waals surface area contributed by atoms with Crippen LogP contribution in [0, 0.1) is 0 Å². The average Bonchev–Trinajstić information content (AvgIpc) is 2.79. The van der Waals surface area contributed by atoms with E-state index in [2.05, 4.69) is 5.32 Å². The van der Waals surface area contributed by atoms with Gasteiger partial charge in [0.1, 0.15) is 11.5 Å². The van der Waals surface area contributed by atoms with Gasteiger partial charge in [-0.3, -0.25) is 9.10 Å². The lowest BCUT2D eigenvalue weighted by atomic mass is 10.2. The Balaban J connectivity index is 1.65. The molecule has 1 atom stereocenters. The minimum absolute atomic E-state index is 0.0851. The van der Waals surface area contributed by atoms with Gasteiger partial charge in [0.25, 0.3) is 15.9 Å². The van der Waals surface area contributed by atoms with Crippen LogP contribution in [-0.2, 0) is 14.8 Å². The van der Waals surface area contributed by atoms with Gasteiger partial charge < -0.3 is 14.8 Å². The van der Waals surface area contributed by atoms with Crippen molar-refractivity contribution < 1.29 is 22.7 Å². The summed E-state index contributed by atoms with van der Waals surface area (Å²) in [5.74, 6) is 0.385. The summed E-state index contributed by atoms with van der Waals surface area (Å²) in [6.45, 7) is -0.176. The molecule has 1 amide bonds. The van der Waals surface area contributed by atoms with Crippen LogP contribution in [0.5, 0.6) is 11.5 Å². The lowest BCUT2D eigenvalue weighted by molar-refractivity contribution is -0.122. The number of nitrogens with one attached hydrogen (secondary N) is 1. The number of benzene rings is 3. The first-order chi connectivity index (χ1) is 14.9. The molecule has 160 valence electrons. The number of hydrogen-bond acceptors (Lipinski definition) is 5. The van der Waals surface area contributed by atoms with Crippen LogP contribution in [0.1, 0.15) is 0 Å². The zero-order valence-corrected chi connectivity index (χ0v) is 18.1. The normalized spacial score (nSPS) is 15.5. The van der Waals surface area contributed by atoms with Crippen molar-refractivity contribution in [3.63, 3.8) is 0 Å². The molecule has 0 radical (unpaired) electrons. The van der Waals surface area contributed by atoms with E-state index in [1.165, 1.54) is 23.5 Å². The number of hydrogen-bond donors (Lipinski definition) is 1. The van der Waals surface area contributed by atoms with Crippen molar-refractivity contribution in [2.24, 2.45) is 0 Å². The molecular formula is C22H19ClN2O5S. The Labute approximate surface area is 185 Å². The number of amides is 1. The van der Waals surface area contributed by atoms with E-state index in [9.17, 15) is 13.2 Å². The van der Waals surface area contributed by atoms with Crippen LogP contribution >= 0.6 is 11.6 Å². The van der Waals surface area contributed by atoms with E-state index >= 15 is 0 Å². The highest BCUT2D eigenvalue weighted by Crippen LogP contribution is 2.37. The molecule has 31 heavy (non-hydrogen) atoms. The fourth-order valence-corrected chi connectivity index (χ4v) is 4.80. The van der Waals surface area contributed by atoms with Gasteiger partial charge in [0.05, 0.1) is 24.2 Å². The summed E-state index contributed by atoms with van der Waals surface area (Å²) in [6.07, 6.45) is -1.04. The number of nitrogens with zero attached hydrogens (tertiary/aromatic N) is 1. The summed E-state index contributed by atoms with van der Waals surface area (Å²) < 4.78 is 38.9. The molecule has 3 aromatic rings. The number of para-hydroxylation sites is 2. The maximum Gasteiger partial charge on any atom is 0.267 e. The van der Waals surface area contributed by atoms with Crippen molar-refractivity contribution in [2.45, 2.75) is 11.0 Å². The van der Waals surface area contributed by atoms with Gasteiger partial charge in [0, 0.05) is 10.7 Å². The van der Waals surface area contributed by atoms with Gasteiger partial charge >= 0.3 is 0 Å². The van der Waals surface area contributed by atoms with Crippen molar-refractivity contribution in [2.75, 3.05) is 23.3 Å². The lowest BCUT2D eigenvalue weighted by Gasteiger charge is -2.34. The van der Waals surface area contributed by atoms with Gasteiger partial charge in [-0.2, -0.15) is 0 Å². The number of sulfonamides is 1. The van der Waals surface area contributed by atoms with Gasteiger partial charge in [-0.15, -0.1) is 0 Å². The third-order valence-electron chi connectivity index (χ3n) is 4.79. The second kappa shape index (κ2) is 8.49. The highest BCUT2D eigenvalue weighted by molar-refractivity contribution is 7.92. The molecule has 3 aromatic carbocycles. The Morgan fingerprint density at radius 3 is 2.42 bits per heavy atom. The number of fused-ring (bicyclic) bond motifs is 1. The molecule has 1 aliphatic heterocycles. The van der Waals surface area contributed by atoms with E-state index in [-0.39, 0.29) is 11.4 Å². The van der Waals surface area contributed by atoms with Crippen molar-refractivity contribution in [1.82, 2.24) is 0 Å². The Kier molecular flexibility index (Phi) is 5.75. The lowest BCUT2D eigenvalue weighted by Crippen LogP contribution is -2.48. The monoisotopic (exact) mass is 458 g/mol. The fraction of sp³-hybridized carbons (Fsp3) is 0.136. The molecule has 1 N–H and O–H groups in total. The van der Waals surface area contributed by atoms with Gasteiger partial charge in [-0.25, -0.2) is 8.42 Å². The summed E-state index contributed by atoms with van der Waals surface area (Å²) in [7, 11) is -2.44. The third-order valence-corrected chi connectivity index (χ3v) is 6.83. The molecule has 0 aliphatic carbocycles. The summed E-state index contributed by atoms with van der Waals surface area (Å²) >= 11 is 5.88. The van der Waals surface area contributed by atoms with Crippen LogP contribution in [0.15, 0.2) is 77.7 Å². The molecule has 1 aliphatic rings. The molecule has 7 nitrogen and oxygen atoms in total. The molecular weight excluding hydrogens is 440 g/mol. The molecule has 0 saturated heterocycles. The van der Waals surface area contributed by atoms with E-state index in [0.717, 1.165) is 0 Å². The standard InChI is InChI=1S/C22H19ClN2O5S/c1-29-17-10-12-18(13-11-17)31(27,28)25-14-21(30-20-5-3-2-4-19(20)25)22(26)24-16-8-6-15(23)7-9-16/h2-13,21H,14H2,1H3,(H,24,26)/t21-/m1/s1. The van der Waals surface area contributed by atoms with Crippen LogP contribution in [-0.4, -0.2) is 34.1 Å². The quantitative estimate of drug-likeness (QED) is 0.626. The van der Waals surface area contributed by atoms with Crippen molar-refractivity contribution in [1.29, 1.82) is 0 Å². The molecule has 1 heterocycles. The Morgan fingerprint density at radius 1 is 1.06 bits per heavy atom. The van der Waals surface area contributed by atoms with Crippen molar-refractivity contribution in [3.05, 3.63) is 77.8 Å². The van der Waals surface area contributed by atoms with E-state index in [0.29, 0.717) is 27.9 Å². The van der Waals surface area contributed by atoms with E-state index in [1.807, 2.05) is 0 Å². The van der Waals surface area contributed by atoms with Gasteiger partial charge in [-0.1, -0.05) is 23.7 Å². The molecule has 0 fully saturated rings. The number of anilines is 2. The van der Waals surface area contributed by atoms with Crippen LogP contribution in [0.3, 0.4) is 0 Å². The number of halogens is 1. The molecule has 4 rings (SSSR count). The zero-order valence-electron chi connectivity index (χ0n) is 16.5. The Morgan fingerprint density at radius 2 is 1.74 bits per heavy atom. The molecule has 0 aromatic heterocycles. The topological polar surface area (TPSA) is 84.9 Å². The van der Waals surface area contributed by atoms with Crippen LogP contribution in [0.2, 0.25) is 5.02 Å². The van der Waals surface area contributed by atoms with Gasteiger partial charge in [0.2, 0.25) is 0 Å². The summed E-state index contributed by atoms with van der Waals surface area (Å²) in [4.78, 5) is 12.9. The average molecular weight is 459 g/mol. The molecule has 0 saturated carbocycles. The fourth-order valence-electron chi connectivity index (χ4n) is 3.20. The van der Waals surface area contributed by atoms with Crippen molar-refractivity contribution >= 4 is 38.9 Å². The maximum atomic E-state index is 13.4. The minimum atomic E-state index is -3.94. The number of carbonyl (C=O) groups is 1. The second-order valence-corrected chi connectivity index (χ2v) is 9.08. The molecule has 0 spiro atoms. The third kappa shape index (κ3) is 4.30. The smallest absolute Gasteiger partial charge is 0.267 e. The number of carbonyl (C=O) groups excluding carboxylic acids is 1. The summed E-state index contributed by atoms with van der Waals surface area (Å²) in [6, 6.07) is 19.4. The predicted octanol–water partition coefficient (Wildman–Crippen LogP) is 3.94. The van der Waals surface area contributed by atoms with Crippen molar-refractivity contribution in [3.8, 4) is 11.5 Å². The van der Waals surface area contributed by atoms with E-state index < -0.39 is 22.0 Å². The van der Waals surface area contributed by atoms with E-state index in [1.54, 1.807) is 60.7 Å². The first-order valence-corrected chi connectivity index (χ1v) is 11.2. The highest BCUT2D eigenvalue weighted by atomic mass is 35.5. The number of ether oxygens (including phenoxy) is 2. The number of methoxy groups -OCH3 is 1. The second-order valence-electron chi connectivity index (χ2n) is 6.78. The van der Waals surface area contributed by atoms with Crippen LogP contribution in [0.25, 0.3) is 0 Å². The summed E-state index contributed by atoms with van der Waals surface area (Å²) in [5, 5.41) is 3.28. The minimum Gasteiger partial charge on any atom is -0.497 e. The Bertz CT molecular complexity index is 1200. The molecule has 0 bridgehead atoms. The van der Waals surface area contributed by atoms with Crippen LogP contribution in [0.4, 0.5) is 11.4 Å².